The van der Waals surface area contributed by atoms with E-state index in [9.17, 15) is 4.79 Å². The first kappa shape index (κ1) is 16.6. The highest BCUT2D eigenvalue weighted by Crippen LogP contribution is 2.34. The van der Waals surface area contributed by atoms with Crippen molar-refractivity contribution >= 4 is 29.2 Å². The maximum Gasteiger partial charge on any atom is 0.323 e. The summed E-state index contributed by atoms with van der Waals surface area (Å²) in [5.41, 5.74) is 1.71. The normalized spacial score (nSPS) is 10.6. The van der Waals surface area contributed by atoms with Crippen molar-refractivity contribution in [2.75, 3.05) is 0 Å². The Kier molecular flexibility index (Phi) is 5.19. The summed E-state index contributed by atoms with van der Waals surface area (Å²) < 4.78 is 5.54. The van der Waals surface area contributed by atoms with E-state index >= 15 is 0 Å². The lowest BCUT2D eigenvalue weighted by molar-refractivity contribution is -0.135. The molecule has 0 amide bonds. The van der Waals surface area contributed by atoms with Gasteiger partial charge in [-0.3, -0.25) is 4.79 Å². The summed E-state index contributed by atoms with van der Waals surface area (Å²) in [4.78, 5) is 12.9. The van der Waals surface area contributed by atoms with Crippen LogP contribution in [0, 0.1) is 0 Å². The number of ether oxygens (including phenoxy) is 1. The molecule has 0 N–H and O–H groups in total. The molecule has 0 spiro atoms. The maximum absolute atomic E-state index is 12.9. The fourth-order valence-corrected chi connectivity index (χ4v) is 2.82. The summed E-state index contributed by atoms with van der Waals surface area (Å²) >= 11 is 12.1. The maximum atomic E-state index is 12.9. The second kappa shape index (κ2) is 7.52. The number of benzene rings is 3. The zero-order chi connectivity index (χ0) is 16.9. The van der Waals surface area contributed by atoms with Crippen molar-refractivity contribution < 1.29 is 9.53 Å². The molecule has 24 heavy (non-hydrogen) atoms. The minimum Gasteiger partial charge on any atom is -0.424 e. The van der Waals surface area contributed by atoms with Crippen molar-refractivity contribution in [3.05, 3.63) is 100 Å². The van der Waals surface area contributed by atoms with Gasteiger partial charge in [0, 0.05) is 0 Å². The molecule has 0 radical (unpaired) electrons. The number of carbonyl (C=O) groups is 1. The van der Waals surface area contributed by atoms with Gasteiger partial charge in [0.1, 0.15) is 10.9 Å². The SMILES string of the molecule is O=C(Oc1cccc(Cl)c1Cl)C(c1ccccc1)c1ccccc1. The van der Waals surface area contributed by atoms with Gasteiger partial charge in [0.2, 0.25) is 0 Å². The van der Waals surface area contributed by atoms with E-state index in [1.165, 1.54) is 0 Å². The monoisotopic (exact) mass is 356 g/mol. The van der Waals surface area contributed by atoms with E-state index in [2.05, 4.69) is 0 Å². The molecule has 0 atom stereocenters. The molecule has 120 valence electrons. The van der Waals surface area contributed by atoms with Crippen LogP contribution in [0.3, 0.4) is 0 Å². The van der Waals surface area contributed by atoms with E-state index in [0.717, 1.165) is 11.1 Å². The molecule has 0 aliphatic carbocycles. The van der Waals surface area contributed by atoms with Crippen molar-refractivity contribution in [2.24, 2.45) is 0 Å². The second-order valence-electron chi connectivity index (χ2n) is 5.23. The highest BCUT2D eigenvalue weighted by atomic mass is 35.5. The predicted octanol–water partition coefficient (Wildman–Crippen LogP) is 5.73. The largest absolute Gasteiger partial charge is 0.424 e. The Morgan fingerprint density at radius 1 is 0.750 bits per heavy atom. The lowest BCUT2D eigenvalue weighted by Gasteiger charge is -2.17. The number of halogens is 2. The number of carbonyl (C=O) groups excluding carboxylic acids is 1. The zero-order valence-corrected chi connectivity index (χ0v) is 14.2. The van der Waals surface area contributed by atoms with E-state index < -0.39 is 11.9 Å². The first-order valence-corrected chi connectivity index (χ1v) is 8.18. The Morgan fingerprint density at radius 3 is 1.83 bits per heavy atom. The number of hydrogen-bond acceptors (Lipinski definition) is 2. The third-order valence-corrected chi connectivity index (χ3v) is 4.43. The van der Waals surface area contributed by atoms with Crippen LogP contribution in [-0.2, 0) is 4.79 Å². The van der Waals surface area contributed by atoms with E-state index in [1.54, 1.807) is 18.2 Å². The molecule has 3 aromatic carbocycles. The quantitative estimate of drug-likeness (QED) is 0.440. The molecule has 0 aromatic heterocycles. The predicted molar refractivity (Wildman–Crippen MR) is 96.8 cm³/mol. The van der Waals surface area contributed by atoms with Gasteiger partial charge in [0.15, 0.2) is 5.75 Å². The van der Waals surface area contributed by atoms with Gasteiger partial charge in [0.25, 0.3) is 0 Å². The van der Waals surface area contributed by atoms with Crippen LogP contribution in [0.2, 0.25) is 10.0 Å². The summed E-state index contributed by atoms with van der Waals surface area (Å²) in [5, 5.41) is 0.574. The minimum absolute atomic E-state index is 0.229. The average Bonchev–Trinajstić information content (AvgIpc) is 2.61. The first-order chi connectivity index (χ1) is 11.7. The van der Waals surface area contributed by atoms with Crippen molar-refractivity contribution in [3.8, 4) is 5.75 Å². The van der Waals surface area contributed by atoms with Gasteiger partial charge < -0.3 is 4.74 Å². The smallest absolute Gasteiger partial charge is 0.323 e. The van der Waals surface area contributed by atoms with Gasteiger partial charge in [-0.15, -0.1) is 0 Å². The molecule has 0 heterocycles. The third-order valence-electron chi connectivity index (χ3n) is 3.63. The molecule has 3 rings (SSSR count). The Morgan fingerprint density at radius 2 is 1.29 bits per heavy atom. The fourth-order valence-electron chi connectivity index (χ4n) is 2.49. The fraction of sp³-hybridized carbons (Fsp3) is 0.0500. The molecule has 0 saturated carbocycles. The van der Waals surface area contributed by atoms with Crippen LogP contribution < -0.4 is 4.74 Å². The van der Waals surface area contributed by atoms with Crippen LogP contribution >= 0.6 is 23.2 Å². The minimum atomic E-state index is -0.539. The molecule has 0 fully saturated rings. The van der Waals surface area contributed by atoms with Gasteiger partial charge in [-0.2, -0.15) is 0 Å². The van der Waals surface area contributed by atoms with Gasteiger partial charge >= 0.3 is 5.97 Å². The molecular weight excluding hydrogens is 343 g/mol. The second-order valence-corrected chi connectivity index (χ2v) is 6.01. The number of rotatable bonds is 4. The molecule has 0 saturated heterocycles. The van der Waals surface area contributed by atoms with Crippen LogP contribution in [0.25, 0.3) is 0 Å². The van der Waals surface area contributed by atoms with Crippen molar-refractivity contribution in [3.63, 3.8) is 0 Å². The zero-order valence-electron chi connectivity index (χ0n) is 12.7. The van der Waals surface area contributed by atoms with Gasteiger partial charge in [-0.1, -0.05) is 89.9 Å². The highest BCUT2D eigenvalue weighted by Gasteiger charge is 2.25. The summed E-state index contributed by atoms with van der Waals surface area (Å²) in [6, 6.07) is 24.0. The van der Waals surface area contributed by atoms with Crippen molar-refractivity contribution in [2.45, 2.75) is 5.92 Å². The van der Waals surface area contributed by atoms with Crippen LogP contribution in [0.4, 0.5) is 0 Å². The summed E-state index contributed by atoms with van der Waals surface area (Å²) in [6.45, 7) is 0. The lowest BCUT2D eigenvalue weighted by atomic mass is 9.91. The Hall–Kier alpha value is -2.29. The average molecular weight is 357 g/mol. The van der Waals surface area contributed by atoms with Gasteiger partial charge in [-0.05, 0) is 23.3 Å². The van der Waals surface area contributed by atoms with Crippen LogP contribution in [-0.4, -0.2) is 5.97 Å². The van der Waals surface area contributed by atoms with E-state index in [4.69, 9.17) is 27.9 Å². The van der Waals surface area contributed by atoms with E-state index in [0.29, 0.717) is 5.02 Å². The molecule has 0 aliphatic rings. The highest BCUT2D eigenvalue weighted by molar-refractivity contribution is 6.43. The van der Waals surface area contributed by atoms with Crippen LogP contribution in [0.5, 0.6) is 5.75 Å². The molecular formula is C20H14Cl2O2. The van der Waals surface area contributed by atoms with Crippen molar-refractivity contribution in [1.29, 1.82) is 0 Å². The molecule has 4 heteroatoms. The molecule has 0 aliphatic heterocycles. The Bertz CT molecular complexity index is 793. The molecule has 2 nitrogen and oxygen atoms in total. The van der Waals surface area contributed by atoms with Crippen molar-refractivity contribution in [1.82, 2.24) is 0 Å². The summed E-state index contributed by atoms with van der Waals surface area (Å²) in [5.74, 6) is -0.690. The molecule has 0 unspecified atom stereocenters. The lowest BCUT2D eigenvalue weighted by Crippen LogP contribution is -2.20. The third kappa shape index (κ3) is 3.61. The number of esters is 1. The topological polar surface area (TPSA) is 26.3 Å². The summed E-state index contributed by atoms with van der Waals surface area (Å²) in [6.07, 6.45) is 0. The Balaban J connectivity index is 1.97. The van der Waals surface area contributed by atoms with E-state index in [1.807, 2.05) is 60.7 Å². The molecule has 0 bridgehead atoms. The van der Waals surface area contributed by atoms with Gasteiger partial charge in [-0.25, -0.2) is 0 Å². The standard InChI is InChI=1S/C20H14Cl2O2/c21-16-12-7-13-17(19(16)22)24-20(23)18(14-8-3-1-4-9-14)15-10-5-2-6-11-15/h1-13,18H. The molecule has 3 aromatic rings. The van der Waals surface area contributed by atoms with E-state index in [-0.39, 0.29) is 10.8 Å². The van der Waals surface area contributed by atoms with Crippen LogP contribution in [0.1, 0.15) is 17.0 Å². The van der Waals surface area contributed by atoms with Gasteiger partial charge in [0.05, 0.1) is 5.02 Å². The summed E-state index contributed by atoms with van der Waals surface area (Å²) in [7, 11) is 0. The van der Waals surface area contributed by atoms with Crippen LogP contribution in [0.15, 0.2) is 78.9 Å². The first-order valence-electron chi connectivity index (χ1n) is 7.42. The number of hydrogen-bond donors (Lipinski definition) is 0. The Labute approximate surface area is 150 Å².